The van der Waals surface area contributed by atoms with Gasteiger partial charge in [-0.15, -0.1) is 0 Å². The van der Waals surface area contributed by atoms with Gasteiger partial charge < -0.3 is 20.9 Å². The van der Waals surface area contributed by atoms with Gasteiger partial charge in [-0.05, 0) is 29.8 Å². The van der Waals surface area contributed by atoms with E-state index in [1.807, 2.05) is 12.1 Å². The lowest BCUT2D eigenvalue weighted by Gasteiger charge is -2.13. The minimum atomic E-state index is -3.54. The molecule has 25 heavy (non-hydrogen) atoms. The normalized spacial score (nSPS) is 23.4. The lowest BCUT2D eigenvalue weighted by molar-refractivity contribution is 0.174. The van der Waals surface area contributed by atoms with Crippen molar-refractivity contribution in [1.82, 2.24) is 0 Å². The van der Waals surface area contributed by atoms with Crippen molar-refractivity contribution in [2.24, 2.45) is 16.9 Å². The Kier molecular flexibility index (Phi) is 3.75. The van der Waals surface area contributed by atoms with E-state index in [9.17, 15) is 8.42 Å². The number of hydrogen-bond donors (Lipinski definition) is 2. The Balaban J connectivity index is 1.77. The molecule has 6 nitrogen and oxygen atoms in total. The maximum absolute atomic E-state index is 13.2. The number of hydrogen-bond acceptors (Lipinski definition) is 6. The Morgan fingerprint density at radius 2 is 1.68 bits per heavy atom. The molecule has 0 saturated heterocycles. The van der Waals surface area contributed by atoms with E-state index >= 15 is 0 Å². The second-order valence-electron chi connectivity index (χ2n) is 6.51. The average Bonchev–Trinajstić information content (AvgIpc) is 3.12. The van der Waals surface area contributed by atoms with E-state index in [0.717, 1.165) is 5.56 Å². The zero-order valence-electron chi connectivity index (χ0n) is 13.6. The summed E-state index contributed by atoms with van der Waals surface area (Å²) < 4.78 is 37.1. The molecule has 0 bridgehead atoms. The quantitative estimate of drug-likeness (QED) is 0.832. The SMILES string of the molecule is NCC1(CN)C(c2ccc3c(c2)OCO3)C1S(=O)(=O)c1ccccc1. The fraction of sp³-hybridized carbons (Fsp3) is 0.333. The molecule has 2 atom stereocenters. The van der Waals surface area contributed by atoms with Crippen LogP contribution in [0.2, 0.25) is 0 Å². The molecule has 1 aliphatic carbocycles. The molecule has 132 valence electrons. The smallest absolute Gasteiger partial charge is 0.231 e. The summed E-state index contributed by atoms with van der Waals surface area (Å²) in [5, 5.41) is -0.641. The van der Waals surface area contributed by atoms with E-state index in [-0.39, 0.29) is 25.8 Å². The largest absolute Gasteiger partial charge is 0.454 e. The van der Waals surface area contributed by atoms with Crippen LogP contribution in [0, 0.1) is 5.41 Å². The van der Waals surface area contributed by atoms with Gasteiger partial charge in [0.2, 0.25) is 6.79 Å². The zero-order valence-corrected chi connectivity index (χ0v) is 14.4. The first-order chi connectivity index (χ1) is 12.0. The van der Waals surface area contributed by atoms with E-state index in [0.29, 0.717) is 16.4 Å². The first kappa shape index (κ1) is 16.4. The molecule has 0 spiro atoms. The Morgan fingerprint density at radius 1 is 1.00 bits per heavy atom. The van der Waals surface area contributed by atoms with Gasteiger partial charge in [-0.1, -0.05) is 24.3 Å². The topological polar surface area (TPSA) is 105 Å². The molecule has 1 heterocycles. The number of benzene rings is 2. The number of rotatable bonds is 5. The van der Waals surface area contributed by atoms with Crippen molar-refractivity contribution >= 4 is 9.84 Å². The Morgan fingerprint density at radius 3 is 2.36 bits per heavy atom. The fourth-order valence-electron chi connectivity index (χ4n) is 3.88. The van der Waals surface area contributed by atoms with E-state index in [2.05, 4.69) is 0 Å². The molecule has 7 heteroatoms. The van der Waals surface area contributed by atoms with Crippen LogP contribution in [0.4, 0.5) is 0 Å². The number of fused-ring (bicyclic) bond motifs is 1. The van der Waals surface area contributed by atoms with Crippen molar-refractivity contribution in [3.63, 3.8) is 0 Å². The fourth-order valence-corrected chi connectivity index (χ4v) is 6.38. The van der Waals surface area contributed by atoms with Crippen LogP contribution in [0.25, 0.3) is 0 Å². The van der Waals surface area contributed by atoms with E-state index in [1.54, 1.807) is 36.4 Å². The summed E-state index contributed by atoms with van der Waals surface area (Å²) in [5.41, 5.74) is 12.2. The van der Waals surface area contributed by atoms with Crippen LogP contribution in [-0.2, 0) is 9.84 Å². The lowest BCUT2D eigenvalue weighted by atomic mass is 9.99. The van der Waals surface area contributed by atoms with Gasteiger partial charge in [0.1, 0.15) is 0 Å². The summed E-state index contributed by atoms with van der Waals surface area (Å²) in [6, 6.07) is 14.0. The highest BCUT2D eigenvalue weighted by molar-refractivity contribution is 7.92. The summed E-state index contributed by atoms with van der Waals surface area (Å²) >= 11 is 0. The van der Waals surface area contributed by atoms with Gasteiger partial charge in [0.25, 0.3) is 0 Å². The van der Waals surface area contributed by atoms with Gasteiger partial charge >= 0.3 is 0 Å². The van der Waals surface area contributed by atoms with Crippen molar-refractivity contribution in [3.05, 3.63) is 54.1 Å². The predicted octanol–water partition coefficient (Wildman–Crippen LogP) is 1.26. The van der Waals surface area contributed by atoms with Crippen molar-refractivity contribution in [2.45, 2.75) is 16.1 Å². The number of sulfone groups is 1. The molecule has 4 N–H and O–H groups in total. The zero-order chi connectivity index (χ0) is 17.7. The maximum atomic E-state index is 13.2. The average molecular weight is 360 g/mol. The summed E-state index contributed by atoms with van der Waals surface area (Å²) in [6.45, 7) is 0.590. The third-order valence-electron chi connectivity index (χ3n) is 5.30. The Labute approximate surface area is 146 Å². The molecule has 0 amide bonds. The summed E-state index contributed by atoms with van der Waals surface area (Å²) in [6.07, 6.45) is 0. The van der Waals surface area contributed by atoms with Crippen molar-refractivity contribution in [2.75, 3.05) is 19.9 Å². The molecule has 4 rings (SSSR count). The molecular weight excluding hydrogens is 340 g/mol. The molecule has 0 aromatic heterocycles. The molecule has 2 aromatic rings. The minimum absolute atomic E-state index is 0.175. The molecule has 1 saturated carbocycles. The van der Waals surface area contributed by atoms with Gasteiger partial charge in [-0.25, -0.2) is 8.42 Å². The van der Waals surface area contributed by atoms with Crippen molar-refractivity contribution in [3.8, 4) is 11.5 Å². The Hall–Kier alpha value is -2.09. The van der Waals surface area contributed by atoms with Crippen LogP contribution in [0.1, 0.15) is 11.5 Å². The predicted molar refractivity (Wildman–Crippen MR) is 93.3 cm³/mol. The standard InChI is InChI=1S/C18H20N2O4S/c19-9-18(10-20)16(12-6-7-14-15(8-12)24-11-23-14)17(18)25(21,22)13-4-2-1-3-5-13/h1-8,16-17H,9-11,19-20H2. The highest BCUT2D eigenvalue weighted by atomic mass is 32.2. The van der Waals surface area contributed by atoms with Crippen LogP contribution in [0.3, 0.4) is 0 Å². The van der Waals surface area contributed by atoms with E-state index in [1.165, 1.54) is 0 Å². The third kappa shape index (κ3) is 2.34. The van der Waals surface area contributed by atoms with Crippen molar-refractivity contribution in [1.29, 1.82) is 0 Å². The lowest BCUT2D eigenvalue weighted by Crippen LogP contribution is -2.31. The maximum Gasteiger partial charge on any atom is 0.231 e. The van der Waals surface area contributed by atoms with Crippen LogP contribution in [0.15, 0.2) is 53.4 Å². The Bertz CT molecular complexity index is 895. The van der Waals surface area contributed by atoms with Crippen LogP contribution in [-0.4, -0.2) is 33.6 Å². The van der Waals surface area contributed by atoms with Gasteiger partial charge in [0, 0.05) is 24.4 Å². The summed E-state index contributed by atoms with van der Waals surface area (Å²) in [4.78, 5) is 0.300. The van der Waals surface area contributed by atoms with Gasteiger partial charge in [0.15, 0.2) is 21.3 Å². The molecule has 0 radical (unpaired) electrons. The van der Waals surface area contributed by atoms with Gasteiger partial charge in [-0.2, -0.15) is 0 Å². The summed E-state index contributed by atoms with van der Waals surface area (Å²) in [5.74, 6) is 1.03. The van der Waals surface area contributed by atoms with Crippen LogP contribution < -0.4 is 20.9 Å². The number of nitrogens with two attached hydrogens (primary N) is 2. The second-order valence-corrected chi connectivity index (χ2v) is 8.58. The first-order valence-corrected chi connectivity index (χ1v) is 9.68. The highest BCUT2D eigenvalue weighted by Gasteiger charge is 2.69. The van der Waals surface area contributed by atoms with Crippen LogP contribution in [0.5, 0.6) is 11.5 Å². The van der Waals surface area contributed by atoms with E-state index < -0.39 is 20.5 Å². The molecule has 2 aliphatic rings. The highest BCUT2D eigenvalue weighted by Crippen LogP contribution is 2.63. The monoisotopic (exact) mass is 360 g/mol. The van der Waals surface area contributed by atoms with Gasteiger partial charge in [-0.3, -0.25) is 0 Å². The summed E-state index contributed by atoms with van der Waals surface area (Å²) in [7, 11) is -3.54. The molecule has 1 aliphatic heterocycles. The third-order valence-corrected chi connectivity index (χ3v) is 7.64. The first-order valence-electron chi connectivity index (χ1n) is 8.13. The van der Waals surface area contributed by atoms with Crippen LogP contribution >= 0.6 is 0 Å². The minimum Gasteiger partial charge on any atom is -0.454 e. The number of ether oxygens (including phenoxy) is 2. The van der Waals surface area contributed by atoms with Crippen molar-refractivity contribution < 1.29 is 17.9 Å². The molecule has 1 fully saturated rings. The molecule has 2 unspecified atom stereocenters. The van der Waals surface area contributed by atoms with Gasteiger partial charge in [0.05, 0.1) is 10.1 Å². The molecular formula is C18H20N2O4S. The molecule has 2 aromatic carbocycles. The second kappa shape index (κ2) is 5.72. The van der Waals surface area contributed by atoms with E-state index in [4.69, 9.17) is 20.9 Å².